The van der Waals surface area contributed by atoms with E-state index in [1.54, 1.807) is 0 Å². The van der Waals surface area contributed by atoms with Gasteiger partial charge in [0.05, 0.1) is 6.07 Å². The summed E-state index contributed by atoms with van der Waals surface area (Å²) in [4.78, 5) is 4.84. The maximum Gasteiger partial charge on any atom is 0.102 e. The summed E-state index contributed by atoms with van der Waals surface area (Å²) in [5.74, 6) is 0. The second-order valence-corrected chi connectivity index (χ2v) is 6.29. The highest BCUT2D eigenvalue weighted by Crippen LogP contribution is 2.23. The molecule has 0 aromatic carbocycles. The van der Waals surface area contributed by atoms with Crippen molar-refractivity contribution in [2.45, 2.75) is 51.2 Å². The van der Waals surface area contributed by atoms with E-state index in [1.807, 2.05) is 6.92 Å². The minimum Gasteiger partial charge on any atom is -0.314 e. The van der Waals surface area contributed by atoms with Crippen molar-refractivity contribution in [1.82, 2.24) is 9.80 Å². The Bertz CT molecular complexity index is 303. The fourth-order valence-corrected chi connectivity index (χ4v) is 2.44. The number of piperazine rings is 1. The molecule has 17 heavy (non-hydrogen) atoms. The Morgan fingerprint density at radius 1 is 1.47 bits per heavy atom. The second-order valence-electron chi connectivity index (χ2n) is 6.29. The van der Waals surface area contributed by atoms with Gasteiger partial charge in [0.2, 0.25) is 0 Å². The van der Waals surface area contributed by atoms with Gasteiger partial charge in [-0.2, -0.15) is 5.26 Å². The molecule has 0 saturated carbocycles. The van der Waals surface area contributed by atoms with Crippen LogP contribution in [0.1, 0.15) is 34.1 Å². The summed E-state index contributed by atoms with van der Waals surface area (Å²) in [6.45, 7) is 11.7. The predicted molar refractivity (Wildman–Crippen MR) is 70.6 cm³/mol. The molecule has 2 atom stereocenters. The number of rotatable bonds is 3. The van der Waals surface area contributed by atoms with Gasteiger partial charge in [-0.05, 0) is 41.2 Å². The zero-order valence-electron chi connectivity index (χ0n) is 11.8. The highest BCUT2D eigenvalue weighted by atomic mass is 15.3. The van der Waals surface area contributed by atoms with Crippen molar-refractivity contribution in [3.8, 4) is 6.07 Å². The van der Waals surface area contributed by atoms with E-state index in [4.69, 9.17) is 11.0 Å². The van der Waals surface area contributed by atoms with E-state index in [9.17, 15) is 0 Å². The number of likely N-dealkylation sites (N-methyl/N-ethyl adjacent to an activating group) is 1. The Kier molecular flexibility index (Phi) is 4.19. The molecular weight excluding hydrogens is 212 g/mol. The average Bonchev–Trinajstić information content (AvgIpc) is 2.21. The summed E-state index contributed by atoms with van der Waals surface area (Å²) in [5, 5.41) is 8.98. The normalized spacial score (nSPS) is 27.1. The first-order valence-corrected chi connectivity index (χ1v) is 6.33. The average molecular weight is 238 g/mol. The summed E-state index contributed by atoms with van der Waals surface area (Å²) in [5.41, 5.74) is 5.40. The van der Waals surface area contributed by atoms with Crippen LogP contribution < -0.4 is 5.73 Å². The third-order valence-corrected chi connectivity index (χ3v) is 3.94. The molecule has 0 aromatic heterocycles. The van der Waals surface area contributed by atoms with Crippen molar-refractivity contribution >= 4 is 0 Å². The second kappa shape index (κ2) is 4.93. The molecule has 0 aliphatic carbocycles. The molecule has 0 amide bonds. The highest BCUT2D eigenvalue weighted by Gasteiger charge is 2.34. The van der Waals surface area contributed by atoms with Gasteiger partial charge in [-0.1, -0.05) is 0 Å². The summed E-state index contributed by atoms with van der Waals surface area (Å²) < 4.78 is 0. The van der Waals surface area contributed by atoms with Crippen LogP contribution in [-0.4, -0.2) is 53.6 Å². The summed E-state index contributed by atoms with van der Waals surface area (Å²) in [6, 6.07) is 2.54. The minimum absolute atomic E-state index is 0.199. The molecule has 1 rings (SSSR count). The number of nitriles is 1. The van der Waals surface area contributed by atoms with Crippen LogP contribution in [0.15, 0.2) is 0 Å². The van der Waals surface area contributed by atoms with Gasteiger partial charge in [0.1, 0.15) is 5.54 Å². The Morgan fingerprint density at radius 2 is 2.06 bits per heavy atom. The lowest BCUT2D eigenvalue weighted by Crippen LogP contribution is -2.60. The van der Waals surface area contributed by atoms with E-state index in [0.29, 0.717) is 6.04 Å². The van der Waals surface area contributed by atoms with Crippen LogP contribution in [0.2, 0.25) is 0 Å². The van der Waals surface area contributed by atoms with E-state index >= 15 is 0 Å². The number of hydrogen-bond donors (Lipinski definition) is 1. The van der Waals surface area contributed by atoms with Gasteiger partial charge in [-0.3, -0.25) is 9.80 Å². The Morgan fingerprint density at radius 3 is 2.53 bits per heavy atom. The molecule has 1 aliphatic rings. The van der Waals surface area contributed by atoms with E-state index < -0.39 is 5.54 Å². The molecule has 0 spiro atoms. The number of nitrogens with two attached hydrogens (primary N) is 1. The first kappa shape index (κ1) is 14.4. The molecule has 1 heterocycles. The molecule has 2 unspecified atom stereocenters. The third kappa shape index (κ3) is 3.67. The van der Waals surface area contributed by atoms with Crippen molar-refractivity contribution < 1.29 is 0 Å². The monoisotopic (exact) mass is 238 g/mol. The minimum atomic E-state index is -0.715. The molecule has 0 radical (unpaired) electrons. The third-order valence-electron chi connectivity index (χ3n) is 3.94. The fourth-order valence-electron chi connectivity index (χ4n) is 2.44. The molecule has 0 bridgehead atoms. The van der Waals surface area contributed by atoms with Crippen LogP contribution in [0.4, 0.5) is 0 Å². The lowest BCUT2D eigenvalue weighted by atomic mass is 9.93. The maximum atomic E-state index is 8.98. The van der Waals surface area contributed by atoms with Crippen molar-refractivity contribution in [2.75, 3.05) is 26.7 Å². The zero-order chi connectivity index (χ0) is 13.3. The fraction of sp³-hybridized carbons (Fsp3) is 0.923. The zero-order valence-corrected chi connectivity index (χ0v) is 11.8. The molecule has 1 aliphatic heterocycles. The van der Waals surface area contributed by atoms with Gasteiger partial charge in [-0.25, -0.2) is 0 Å². The molecule has 1 fully saturated rings. The Balaban J connectivity index is 2.61. The first-order valence-electron chi connectivity index (χ1n) is 6.33. The van der Waals surface area contributed by atoms with Crippen LogP contribution in [0.3, 0.4) is 0 Å². The molecule has 1 saturated heterocycles. The number of nitrogens with zero attached hydrogens (tertiary/aromatic N) is 3. The lowest BCUT2D eigenvalue weighted by Gasteiger charge is -2.48. The van der Waals surface area contributed by atoms with Crippen molar-refractivity contribution in [3.63, 3.8) is 0 Å². The smallest absolute Gasteiger partial charge is 0.102 e. The van der Waals surface area contributed by atoms with Crippen molar-refractivity contribution in [1.29, 1.82) is 5.26 Å². The van der Waals surface area contributed by atoms with Gasteiger partial charge in [-0.15, -0.1) is 0 Å². The standard InChI is InChI=1S/C13H26N4/c1-11(8-13(4,15)9-14)17-7-6-16(5)12(2,3)10-17/h11H,6-8,10,15H2,1-5H3. The Hall–Kier alpha value is -0.630. The van der Waals surface area contributed by atoms with E-state index in [0.717, 1.165) is 26.1 Å². The van der Waals surface area contributed by atoms with E-state index in [1.165, 1.54) is 0 Å². The lowest BCUT2D eigenvalue weighted by molar-refractivity contribution is 0.0162. The van der Waals surface area contributed by atoms with Crippen LogP contribution in [-0.2, 0) is 0 Å². The van der Waals surface area contributed by atoms with E-state index in [-0.39, 0.29) is 5.54 Å². The molecular formula is C13H26N4. The molecule has 0 aromatic rings. The van der Waals surface area contributed by atoms with Crippen LogP contribution >= 0.6 is 0 Å². The highest BCUT2D eigenvalue weighted by molar-refractivity contribution is 5.03. The van der Waals surface area contributed by atoms with Gasteiger partial charge in [0.25, 0.3) is 0 Å². The van der Waals surface area contributed by atoms with Gasteiger partial charge in [0, 0.05) is 31.2 Å². The van der Waals surface area contributed by atoms with Gasteiger partial charge >= 0.3 is 0 Å². The SMILES string of the molecule is CC(CC(C)(N)C#N)N1CCN(C)C(C)(C)C1. The maximum absolute atomic E-state index is 8.98. The van der Waals surface area contributed by atoms with Gasteiger partial charge < -0.3 is 5.73 Å². The number of hydrogen-bond acceptors (Lipinski definition) is 4. The molecule has 4 heteroatoms. The Labute approximate surface area is 105 Å². The quantitative estimate of drug-likeness (QED) is 0.798. The first-order chi connectivity index (χ1) is 7.68. The molecule has 4 nitrogen and oxygen atoms in total. The van der Waals surface area contributed by atoms with E-state index in [2.05, 4.69) is 43.7 Å². The predicted octanol–water partition coefficient (Wildman–Crippen LogP) is 1.03. The summed E-state index contributed by atoms with van der Waals surface area (Å²) in [7, 11) is 2.17. The summed E-state index contributed by atoms with van der Waals surface area (Å²) in [6.07, 6.45) is 0.725. The molecule has 2 N–H and O–H groups in total. The molecule has 98 valence electrons. The summed E-state index contributed by atoms with van der Waals surface area (Å²) >= 11 is 0. The van der Waals surface area contributed by atoms with Crippen LogP contribution in [0.5, 0.6) is 0 Å². The topological polar surface area (TPSA) is 56.3 Å². The largest absolute Gasteiger partial charge is 0.314 e. The van der Waals surface area contributed by atoms with Gasteiger partial charge in [0.15, 0.2) is 0 Å². The van der Waals surface area contributed by atoms with Crippen LogP contribution in [0, 0.1) is 11.3 Å². The van der Waals surface area contributed by atoms with Crippen molar-refractivity contribution in [2.24, 2.45) is 5.73 Å². The van der Waals surface area contributed by atoms with Crippen LogP contribution in [0.25, 0.3) is 0 Å². The van der Waals surface area contributed by atoms with Crippen molar-refractivity contribution in [3.05, 3.63) is 0 Å².